The van der Waals surface area contributed by atoms with Crippen molar-refractivity contribution in [1.29, 1.82) is 0 Å². The fourth-order valence-electron chi connectivity index (χ4n) is 3.14. The maximum Gasteiger partial charge on any atom is 0.233 e. The van der Waals surface area contributed by atoms with E-state index in [0.717, 1.165) is 11.4 Å². The average molecular weight is 335 g/mol. The number of rotatable bonds is 5. The monoisotopic (exact) mass is 334 g/mol. The van der Waals surface area contributed by atoms with Gasteiger partial charge in [0.05, 0.1) is 18.9 Å². The quantitative estimate of drug-likeness (QED) is 0.841. The van der Waals surface area contributed by atoms with Gasteiger partial charge in [-0.25, -0.2) is 0 Å². The molecule has 0 radical (unpaired) electrons. The maximum atomic E-state index is 12.4. The molecule has 0 bridgehead atoms. The number of carbonyl (C=O) groups excluding carboxylic acids is 2. The third kappa shape index (κ3) is 3.20. The molecule has 1 aromatic carbocycles. The molecule has 1 aromatic rings. The van der Waals surface area contributed by atoms with E-state index in [1.54, 1.807) is 7.11 Å². The summed E-state index contributed by atoms with van der Waals surface area (Å²) >= 11 is 6.01. The summed E-state index contributed by atoms with van der Waals surface area (Å²) in [5, 5.41) is 3.90. The summed E-state index contributed by atoms with van der Waals surface area (Å²) < 4.78 is 5.10. The van der Waals surface area contributed by atoms with Gasteiger partial charge in [0, 0.05) is 23.8 Å². The largest absolute Gasteiger partial charge is 0.497 e. The Labute approximate surface area is 140 Å². The molecule has 0 saturated carbocycles. The highest BCUT2D eigenvalue weighted by molar-refractivity contribution is 6.30. The SMILES string of the molecule is COc1ccc(NCCN2C(=O)[C@H]3CC=C(Cl)C[C@@H]3C2=O)cc1. The van der Waals surface area contributed by atoms with Crippen LogP contribution in [0.4, 0.5) is 5.69 Å². The summed E-state index contributed by atoms with van der Waals surface area (Å²) in [4.78, 5) is 26.1. The molecule has 3 rings (SSSR count). The Morgan fingerprint density at radius 1 is 1.22 bits per heavy atom. The van der Waals surface area contributed by atoms with Crippen LogP contribution in [0.5, 0.6) is 5.75 Å². The smallest absolute Gasteiger partial charge is 0.233 e. The van der Waals surface area contributed by atoms with Crippen molar-refractivity contribution in [2.75, 3.05) is 25.5 Å². The van der Waals surface area contributed by atoms with Gasteiger partial charge in [-0.2, -0.15) is 0 Å². The molecule has 1 N–H and O–H groups in total. The van der Waals surface area contributed by atoms with Crippen molar-refractivity contribution >= 4 is 29.1 Å². The molecule has 0 aromatic heterocycles. The second kappa shape index (κ2) is 6.62. The molecule has 5 nitrogen and oxygen atoms in total. The van der Waals surface area contributed by atoms with E-state index in [1.165, 1.54) is 4.90 Å². The van der Waals surface area contributed by atoms with Crippen molar-refractivity contribution in [3.8, 4) is 5.75 Å². The number of likely N-dealkylation sites (tertiary alicyclic amines) is 1. The van der Waals surface area contributed by atoms with Gasteiger partial charge in [-0.1, -0.05) is 17.7 Å². The first-order valence-corrected chi connectivity index (χ1v) is 8.05. The predicted molar refractivity (Wildman–Crippen MR) is 88.4 cm³/mol. The van der Waals surface area contributed by atoms with E-state index in [0.29, 0.717) is 31.0 Å². The normalized spacial score (nSPS) is 23.6. The Morgan fingerprint density at radius 3 is 2.61 bits per heavy atom. The summed E-state index contributed by atoms with van der Waals surface area (Å²) in [5.74, 6) is 0.112. The van der Waals surface area contributed by atoms with Gasteiger partial charge in [0.1, 0.15) is 5.75 Å². The van der Waals surface area contributed by atoms with Crippen LogP contribution in [0, 0.1) is 11.8 Å². The van der Waals surface area contributed by atoms with Crippen LogP contribution < -0.4 is 10.1 Å². The molecule has 1 aliphatic heterocycles. The second-order valence-electron chi connectivity index (χ2n) is 5.79. The lowest BCUT2D eigenvalue weighted by Crippen LogP contribution is -2.35. The number of benzene rings is 1. The highest BCUT2D eigenvalue weighted by Gasteiger charge is 2.47. The van der Waals surface area contributed by atoms with Crippen LogP contribution in [0.2, 0.25) is 0 Å². The van der Waals surface area contributed by atoms with Crippen LogP contribution in [0.15, 0.2) is 35.4 Å². The molecule has 1 aliphatic carbocycles. The van der Waals surface area contributed by atoms with Crippen molar-refractivity contribution in [2.45, 2.75) is 12.8 Å². The van der Waals surface area contributed by atoms with E-state index in [1.807, 2.05) is 30.3 Å². The van der Waals surface area contributed by atoms with Crippen molar-refractivity contribution in [1.82, 2.24) is 4.90 Å². The van der Waals surface area contributed by atoms with Gasteiger partial charge in [-0.05, 0) is 37.1 Å². The van der Waals surface area contributed by atoms with Crippen LogP contribution in [0.3, 0.4) is 0 Å². The Hall–Kier alpha value is -2.01. The number of anilines is 1. The molecule has 0 unspecified atom stereocenters. The summed E-state index contributed by atoms with van der Waals surface area (Å²) in [7, 11) is 1.62. The minimum Gasteiger partial charge on any atom is -0.497 e. The van der Waals surface area contributed by atoms with Gasteiger partial charge in [0.15, 0.2) is 0 Å². The maximum absolute atomic E-state index is 12.4. The first-order chi connectivity index (χ1) is 11.1. The van der Waals surface area contributed by atoms with E-state index in [-0.39, 0.29) is 23.7 Å². The first kappa shape index (κ1) is 15.9. The number of fused-ring (bicyclic) bond motifs is 1. The molecule has 0 spiro atoms. The summed E-state index contributed by atoms with van der Waals surface area (Å²) in [5.41, 5.74) is 0.923. The number of allylic oxidation sites excluding steroid dienone is 2. The zero-order valence-corrected chi connectivity index (χ0v) is 13.7. The topological polar surface area (TPSA) is 58.6 Å². The molecular formula is C17H19ClN2O3. The minimum atomic E-state index is -0.277. The Morgan fingerprint density at radius 2 is 1.91 bits per heavy atom. The minimum absolute atomic E-state index is 0.0723. The number of hydrogen-bond acceptors (Lipinski definition) is 4. The number of amides is 2. The summed E-state index contributed by atoms with van der Waals surface area (Å²) in [6.45, 7) is 0.888. The van der Waals surface area contributed by atoms with E-state index in [4.69, 9.17) is 16.3 Å². The number of hydrogen-bond donors (Lipinski definition) is 1. The molecule has 1 saturated heterocycles. The molecule has 122 valence electrons. The Bertz CT molecular complexity index is 642. The van der Waals surface area contributed by atoms with Crippen LogP contribution in [-0.4, -0.2) is 36.9 Å². The number of halogens is 1. The third-order valence-corrected chi connectivity index (χ3v) is 4.72. The van der Waals surface area contributed by atoms with Crippen molar-refractivity contribution in [3.05, 3.63) is 35.4 Å². The van der Waals surface area contributed by atoms with E-state index in [9.17, 15) is 9.59 Å². The van der Waals surface area contributed by atoms with E-state index in [2.05, 4.69) is 5.32 Å². The van der Waals surface area contributed by atoms with Crippen LogP contribution in [-0.2, 0) is 9.59 Å². The lowest BCUT2D eigenvalue weighted by Gasteiger charge is -2.17. The molecular weight excluding hydrogens is 316 g/mol. The molecule has 2 amide bonds. The number of nitrogens with one attached hydrogen (secondary N) is 1. The fraction of sp³-hybridized carbons (Fsp3) is 0.412. The van der Waals surface area contributed by atoms with E-state index < -0.39 is 0 Å². The van der Waals surface area contributed by atoms with Gasteiger partial charge in [-0.15, -0.1) is 0 Å². The number of imide groups is 1. The number of carbonyl (C=O) groups is 2. The van der Waals surface area contributed by atoms with Crippen LogP contribution in [0.1, 0.15) is 12.8 Å². The average Bonchev–Trinajstić information content (AvgIpc) is 2.80. The molecule has 23 heavy (non-hydrogen) atoms. The second-order valence-corrected chi connectivity index (χ2v) is 6.27. The molecule has 1 heterocycles. The summed E-state index contributed by atoms with van der Waals surface area (Å²) in [6, 6.07) is 7.51. The van der Waals surface area contributed by atoms with Gasteiger partial charge >= 0.3 is 0 Å². The zero-order valence-electron chi connectivity index (χ0n) is 12.9. The van der Waals surface area contributed by atoms with Crippen molar-refractivity contribution < 1.29 is 14.3 Å². The number of nitrogens with zero attached hydrogens (tertiary/aromatic N) is 1. The predicted octanol–water partition coefficient (Wildman–Crippen LogP) is 2.62. The highest BCUT2D eigenvalue weighted by atomic mass is 35.5. The molecule has 6 heteroatoms. The van der Waals surface area contributed by atoms with Gasteiger partial charge in [0.2, 0.25) is 11.8 Å². The van der Waals surface area contributed by atoms with Gasteiger partial charge in [-0.3, -0.25) is 14.5 Å². The first-order valence-electron chi connectivity index (χ1n) is 7.68. The zero-order chi connectivity index (χ0) is 16.4. The lowest BCUT2D eigenvalue weighted by molar-refractivity contribution is -0.139. The van der Waals surface area contributed by atoms with Gasteiger partial charge in [0.25, 0.3) is 0 Å². The van der Waals surface area contributed by atoms with E-state index >= 15 is 0 Å². The number of ether oxygens (including phenoxy) is 1. The van der Waals surface area contributed by atoms with Gasteiger partial charge < -0.3 is 10.1 Å². The lowest BCUT2D eigenvalue weighted by atomic mass is 9.85. The van der Waals surface area contributed by atoms with Crippen LogP contribution in [0.25, 0.3) is 0 Å². The molecule has 2 aliphatic rings. The highest BCUT2D eigenvalue weighted by Crippen LogP contribution is 2.38. The number of methoxy groups -OCH3 is 1. The summed E-state index contributed by atoms with van der Waals surface area (Å²) in [6.07, 6.45) is 2.91. The van der Waals surface area contributed by atoms with Crippen molar-refractivity contribution in [3.63, 3.8) is 0 Å². The molecule has 2 atom stereocenters. The Kier molecular flexibility index (Phi) is 4.57. The fourth-order valence-corrected chi connectivity index (χ4v) is 3.39. The standard InChI is InChI=1S/C17H19ClN2O3/c1-23-13-5-3-12(4-6-13)19-8-9-20-16(21)14-7-2-11(18)10-15(14)17(20)22/h2-6,14-15,19H,7-10H2,1H3/t14-,15-/m0/s1. The third-order valence-electron chi connectivity index (χ3n) is 4.41. The van der Waals surface area contributed by atoms with Crippen LogP contribution >= 0.6 is 11.6 Å². The van der Waals surface area contributed by atoms with Crippen molar-refractivity contribution in [2.24, 2.45) is 11.8 Å². The Balaban J connectivity index is 1.56. The molecule has 1 fully saturated rings.